The molecule has 0 aliphatic heterocycles. The third-order valence-corrected chi connectivity index (χ3v) is 2.34. The topological polar surface area (TPSA) is 74.0 Å². The summed E-state index contributed by atoms with van der Waals surface area (Å²) in [7, 11) is 0. The molecule has 0 unspecified atom stereocenters. The van der Waals surface area contributed by atoms with Crippen molar-refractivity contribution in [3.05, 3.63) is 53.5 Å². The van der Waals surface area contributed by atoms with Crippen LogP contribution < -0.4 is 0 Å². The molecule has 1 N–H and O–H groups in total. The van der Waals surface area contributed by atoms with Crippen LogP contribution in [0.5, 0.6) is 0 Å². The lowest BCUT2D eigenvalue weighted by atomic mass is 10.1. The van der Waals surface area contributed by atoms with Gasteiger partial charge in [-0.05, 0) is 30.3 Å². The van der Waals surface area contributed by atoms with Gasteiger partial charge in [0.05, 0.1) is 17.3 Å². The number of rotatable bonds is 2. The Bertz CT molecular complexity index is 662. The van der Waals surface area contributed by atoms with Crippen LogP contribution in [-0.2, 0) is 0 Å². The molecule has 1 aromatic heterocycles. The second-order valence-corrected chi connectivity index (χ2v) is 3.52. The number of hydrogen-bond acceptors (Lipinski definition) is 3. The van der Waals surface area contributed by atoms with Gasteiger partial charge in [-0.15, -0.1) is 0 Å². The van der Waals surface area contributed by atoms with Crippen molar-refractivity contribution in [3.63, 3.8) is 0 Å². The van der Waals surface area contributed by atoms with E-state index in [1.54, 1.807) is 0 Å². The van der Waals surface area contributed by atoms with Gasteiger partial charge in [0.2, 0.25) is 0 Å². The first kappa shape index (κ1) is 11.7. The fraction of sp³-hybridized carbons (Fsp3) is 0. The second-order valence-electron chi connectivity index (χ2n) is 3.52. The zero-order valence-electron chi connectivity index (χ0n) is 9.09. The van der Waals surface area contributed by atoms with Gasteiger partial charge < -0.3 is 5.11 Å². The summed E-state index contributed by atoms with van der Waals surface area (Å²) < 4.78 is 13.6. The molecule has 1 aromatic carbocycles. The van der Waals surface area contributed by atoms with Gasteiger partial charge >= 0.3 is 5.97 Å². The maximum absolute atomic E-state index is 13.6. The minimum absolute atomic E-state index is 0.108. The standard InChI is InChI=1S/C13H7FN2O2/c14-10-5-4-8(7-15)6-9(10)11-2-1-3-12(16-11)13(17)18/h1-6H,(H,17,18). The molecular weight excluding hydrogens is 235 g/mol. The molecule has 4 nitrogen and oxygen atoms in total. The average Bonchev–Trinajstić information content (AvgIpc) is 2.39. The lowest BCUT2D eigenvalue weighted by Crippen LogP contribution is -2.01. The minimum Gasteiger partial charge on any atom is -0.477 e. The van der Waals surface area contributed by atoms with Crippen molar-refractivity contribution in [3.8, 4) is 17.3 Å². The largest absolute Gasteiger partial charge is 0.477 e. The number of aromatic nitrogens is 1. The Balaban J connectivity index is 2.58. The van der Waals surface area contributed by atoms with Crippen LogP contribution in [0.25, 0.3) is 11.3 Å². The molecule has 2 aromatic rings. The first-order chi connectivity index (χ1) is 8.61. The SMILES string of the molecule is N#Cc1ccc(F)c(-c2cccc(C(=O)O)n2)c1. The summed E-state index contributed by atoms with van der Waals surface area (Å²) in [4.78, 5) is 14.6. The molecule has 0 radical (unpaired) electrons. The van der Waals surface area contributed by atoms with Crippen LogP contribution >= 0.6 is 0 Å². The van der Waals surface area contributed by atoms with Gasteiger partial charge in [0, 0.05) is 5.56 Å². The molecule has 0 atom stereocenters. The van der Waals surface area contributed by atoms with Crippen LogP contribution in [0.4, 0.5) is 4.39 Å². The van der Waals surface area contributed by atoms with Crippen molar-refractivity contribution < 1.29 is 14.3 Å². The Kier molecular flexibility index (Phi) is 3.02. The molecule has 88 valence electrons. The van der Waals surface area contributed by atoms with Crippen LogP contribution in [0.1, 0.15) is 16.1 Å². The van der Waals surface area contributed by atoms with Gasteiger partial charge in [0.15, 0.2) is 0 Å². The van der Waals surface area contributed by atoms with Gasteiger partial charge in [0.25, 0.3) is 0 Å². The summed E-state index contributed by atoms with van der Waals surface area (Å²) in [5, 5.41) is 17.6. The molecule has 0 bridgehead atoms. The average molecular weight is 242 g/mol. The van der Waals surface area contributed by atoms with Crippen LogP contribution in [0.15, 0.2) is 36.4 Å². The number of nitriles is 1. The van der Waals surface area contributed by atoms with E-state index in [1.165, 1.54) is 30.3 Å². The zero-order chi connectivity index (χ0) is 13.1. The minimum atomic E-state index is -1.19. The first-order valence-corrected chi connectivity index (χ1v) is 5.02. The smallest absolute Gasteiger partial charge is 0.354 e. The third-order valence-electron chi connectivity index (χ3n) is 2.34. The highest BCUT2D eigenvalue weighted by Gasteiger charge is 2.10. The summed E-state index contributed by atoms with van der Waals surface area (Å²) in [6.45, 7) is 0. The van der Waals surface area contributed by atoms with E-state index in [4.69, 9.17) is 10.4 Å². The number of hydrogen-bond donors (Lipinski definition) is 1. The lowest BCUT2D eigenvalue weighted by molar-refractivity contribution is 0.0690. The van der Waals surface area contributed by atoms with E-state index in [9.17, 15) is 9.18 Å². The number of halogens is 1. The van der Waals surface area contributed by atoms with E-state index < -0.39 is 11.8 Å². The van der Waals surface area contributed by atoms with Crippen LogP contribution in [-0.4, -0.2) is 16.1 Å². The maximum atomic E-state index is 13.6. The lowest BCUT2D eigenvalue weighted by Gasteiger charge is -2.04. The predicted octanol–water partition coefficient (Wildman–Crippen LogP) is 2.46. The zero-order valence-corrected chi connectivity index (χ0v) is 9.09. The molecular formula is C13H7FN2O2. The summed E-state index contributed by atoms with van der Waals surface area (Å²) in [6, 6.07) is 10.0. The number of aromatic carboxylic acids is 1. The molecule has 0 saturated heterocycles. The molecule has 0 spiro atoms. The van der Waals surface area contributed by atoms with E-state index in [1.807, 2.05) is 6.07 Å². The van der Waals surface area contributed by atoms with Crippen molar-refractivity contribution in [2.45, 2.75) is 0 Å². The van der Waals surface area contributed by atoms with Crippen LogP contribution in [0.3, 0.4) is 0 Å². The quantitative estimate of drug-likeness (QED) is 0.877. The van der Waals surface area contributed by atoms with E-state index in [0.29, 0.717) is 0 Å². The molecule has 5 heteroatoms. The number of pyridine rings is 1. The van der Waals surface area contributed by atoms with Crippen molar-refractivity contribution in [2.24, 2.45) is 0 Å². The Morgan fingerprint density at radius 3 is 2.78 bits per heavy atom. The molecule has 0 aliphatic carbocycles. The fourth-order valence-electron chi connectivity index (χ4n) is 1.49. The Morgan fingerprint density at radius 1 is 1.33 bits per heavy atom. The number of benzene rings is 1. The molecule has 0 amide bonds. The monoisotopic (exact) mass is 242 g/mol. The molecule has 0 aliphatic rings. The predicted molar refractivity (Wildman–Crippen MR) is 61.3 cm³/mol. The highest BCUT2D eigenvalue weighted by molar-refractivity contribution is 5.86. The van der Waals surface area contributed by atoms with Crippen molar-refractivity contribution in [1.82, 2.24) is 4.98 Å². The van der Waals surface area contributed by atoms with E-state index >= 15 is 0 Å². The van der Waals surface area contributed by atoms with E-state index in [-0.39, 0.29) is 22.5 Å². The van der Waals surface area contributed by atoms with Crippen LogP contribution in [0.2, 0.25) is 0 Å². The molecule has 0 saturated carbocycles. The molecule has 2 rings (SSSR count). The van der Waals surface area contributed by atoms with Gasteiger partial charge in [-0.1, -0.05) is 6.07 Å². The Hall–Kier alpha value is -2.74. The van der Waals surface area contributed by atoms with E-state index in [0.717, 1.165) is 6.07 Å². The number of carboxylic acid groups (broad SMARTS) is 1. The van der Waals surface area contributed by atoms with Gasteiger partial charge in [-0.25, -0.2) is 14.2 Å². The van der Waals surface area contributed by atoms with Gasteiger partial charge in [-0.2, -0.15) is 5.26 Å². The number of nitrogens with zero attached hydrogens (tertiary/aromatic N) is 2. The fourth-order valence-corrected chi connectivity index (χ4v) is 1.49. The maximum Gasteiger partial charge on any atom is 0.354 e. The molecule has 18 heavy (non-hydrogen) atoms. The first-order valence-electron chi connectivity index (χ1n) is 5.02. The summed E-state index contributed by atoms with van der Waals surface area (Å²) in [5.74, 6) is -1.74. The summed E-state index contributed by atoms with van der Waals surface area (Å²) in [5.41, 5.74) is 0.407. The highest BCUT2D eigenvalue weighted by atomic mass is 19.1. The molecule has 1 heterocycles. The van der Waals surface area contributed by atoms with Crippen LogP contribution in [0, 0.1) is 17.1 Å². The highest BCUT2D eigenvalue weighted by Crippen LogP contribution is 2.22. The number of carbonyl (C=O) groups is 1. The molecule has 0 fully saturated rings. The van der Waals surface area contributed by atoms with Gasteiger partial charge in [0.1, 0.15) is 11.5 Å². The van der Waals surface area contributed by atoms with Crippen molar-refractivity contribution in [1.29, 1.82) is 5.26 Å². The normalized spacial score (nSPS) is 9.78. The number of carboxylic acids is 1. The summed E-state index contributed by atoms with van der Waals surface area (Å²) >= 11 is 0. The third kappa shape index (κ3) is 2.18. The van der Waals surface area contributed by atoms with Crippen molar-refractivity contribution >= 4 is 5.97 Å². The Morgan fingerprint density at radius 2 is 2.11 bits per heavy atom. The Labute approximate surface area is 102 Å². The second kappa shape index (κ2) is 4.63. The van der Waals surface area contributed by atoms with Crippen molar-refractivity contribution in [2.75, 3.05) is 0 Å². The van der Waals surface area contributed by atoms with E-state index in [2.05, 4.69) is 4.98 Å². The van der Waals surface area contributed by atoms with Gasteiger partial charge in [-0.3, -0.25) is 0 Å². The summed E-state index contributed by atoms with van der Waals surface area (Å²) in [6.07, 6.45) is 0.